The van der Waals surface area contributed by atoms with Crippen LogP contribution < -0.4 is 15.4 Å². The second kappa shape index (κ2) is 13.2. The van der Waals surface area contributed by atoms with Crippen LogP contribution in [-0.4, -0.2) is 51.1 Å². The van der Waals surface area contributed by atoms with E-state index in [2.05, 4.69) is 27.7 Å². The van der Waals surface area contributed by atoms with E-state index in [9.17, 15) is 4.79 Å². The maximum absolute atomic E-state index is 11.6. The Balaban J connectivity index is 0.00000288. The SMILES string of the molecule is CNCCC(=O)NCC1CCN(Cc2ccc(OC)cc2)CC1.Cl.Cl. The lowest BCUT2D eigenvalue weighted by Gasteiger charge is -2.32. The summed E-state index contributed by atoms with van der Waals surface area (Å²) in [6.45, 7) is 4.75. The zero-order valence-electron chi connectivity index (χ0n) is 15.1. The number of rotatable bonds is 8. The highest BCUT2D eigenvalue weighted by Crippen LogP contribution is 2.19. The van der Waals surface area contributed by atoms with Crippen LogP contribution in [0.5, 0.6) is 5.75 Å². The Morgan fingerprint density at radius 2 is 1.84 bits per heavy atom. The maximum atomic E-state index is 11.6. The molecule has 0 spiro atoms. The summed E-state index contributed by atoms with van der Waals surface area (Å²) < 4.78 is 5.19. The third-order valence-corrected chi connectivity index (χ3v) is 4.46. The van der Waals surface area contributed by atoms with Gasteiger partial charge in [0.15, 0.2) is 0 Å². The number of methoxy groups -OCH3 is 1. The van der Waals surface area contributed by atoms with E-state index in [4.69, 9.17) is 4.74 Å². The van der Waals surface area contributed by atoms with Crippen molar-refractivity contribution in [1.29, 1.82) is 0 Å². The molecular weight excluding hydrogens is 361 g/mol. The summed E-state index contributed by atoms with van der Waals surface area (Å²) in [5, 5.41) is 6.05. The lowest BCUT2D eigenvalue weighted by Crippen LogP contribution is -2.38. The number of benzene rings is 1. The molecule has 2 N–H and O–H groups in total. The van der Waals surface area contributed by atoms with Crippen molar-refractivity contribution in [1.82, 2.24) is 15.5 Å². The molecule has 0 aliphatic carbocycles. The molecule has 7 heteroatoms. The van der Waals surface area contributed by atoms with Crippen molar-refractivity contribution in [3.8, 4) is 5.75 Å². The normalized spacial score (nSPS) is 15.0. The van der Waals surface area contributed by atoms with Crippen molar-refractivity contribution in [2.75, 3.05) is 40.3 Å². The molecule has 0 saturated carbocycles. The molecule has 0 bridgehead atoms. The van der Waals surface area contributed by atoms with Crippen LogP contribution in [0.15, 0.2) is 24.3 Å². The first-order chi connectivity index (χ1) is 11.2. The first-order valence-corrected chi connectivity index (χ1v) is 8.48. The van der Waals surface area contributed by atoms with Gasteiger partial charge in [-0.3, -0.25) is 9.69 Å². The fourth-order valence-electron chi connectivity index (χ4n) is 2.92. The van der Waals surface area contributed by atoms with Gasteiger partial charge in [-0.25, -0.2) is 0 Å². The summed E-state index contributed by atoms with van der Waals surface area (Å²) in [5.41, 5.74) is 1.32. The van der Waals surface area contributed by atoms with Gasteiger partial charge in [-0.1, -0.05) is 12.1 Å². The number of halogens is 2. The Labute approximate surface area is 163 Å². The molecule has 0 atom stereocenters. The number of amides is 1. The number of ether oxygens (including phenoxy) is 1. The first kappa shape index (κ1) is 24.0. The molecular formula is C18H31Cl2N3O2. The molecule has 2 rings (SSSR count). The van der Waals surface area contributed by atoms with Crippen LogP contribution in [0.25, 0.3) is 0 Å². The third kappa shape index (κ3) is 8.77. The zero-order valence-corrected chi connectivity index (χ0v) is 16.8. The van der Waals surface area contributed by atoms with Crippen molar-refractivity contribution in [3.63, 3.8) is 0 Å². The van der Waals surface area contributed by atoms with Gasteiger partial charge in [-0.2, -0.15) is 0 Å². The molecule has 0 aromatic heterocycles. The number of piperidine rings is 1. The van der Waals surface area contributed by atoms with Gasteiger partial charge in [0.1, 0.15) is 5.75 Å². The average Bonchev–Trinajstić information content (AvgIpc) is 2.60. The fourth-order valence-corrected chi connectivity index (χ4v) is 2.92. The van der Waals surface area contributed by atoms with Gasteiger partial charge in [0, 0.05) is 26.1 Å². The molecule has 0 unspecified atom stereocenters. The Morgan fingerprint density at radius 1 is 1.20 bits per heavy atom. The molecule has 1 aromatic carbocycles. The van der Waals surface area contributed by atoms with E-state index in [0.29, 0.717) is 12.3 Å². The standard InChI is InChI=1S/C18H29N3O2.2ClH/c1-19-10-7-18(22)20-13-15-8-11-21(12-9-15)14-16-3-5-17(23-2)6-4-16;;/h3-6,15,19H,7-14H2,1-2H3,(H,20,22);2*1H. The predicted octanol–water partition coefficient (Wildman–Crippen LogP) is 2.48. The molecule has 1 saturated heterocycles. The molecule has 1 aliphatic rings. The number of likely N-dealkylation sites (tertiary alicyclic amines) is 1. The molecule has 5 nitrogen and oxygen atoms in total. The van der Waals surface area contributed by atoms with Crippen molar-refractivity contribution in [2.45, 2.75) is 25.8 Å². The van der Waals surface area contributed by atoms with Crippen LogP contribution in [0, 0.1) is 5.92 Å². The van der Waals surface area contributed by atoms with Gasteiger partial charge < -0.3 is 15.4 Å². The summed E-state index contributed by atoms with van der Waals surface area (Å²) in [7, 11) is 3.56. The minimum Gasteiger partial charge on any atom is -0.497 e. The summed E-state index contributed by atoms with van der Waals surface area (Å²) in [5.74, 6) is 1.67. The largest absolute Gasteiger partial charge is 0.497 e. The van der Waals surface area contributed by atoms with Crippen molar-refractivity contribution < 1.29 is 9.53 Å². The molecule has 0 radical (unpaired) electrons. The average molecular weight is 392 g/mol. The third-order valence-electron chi connectivity index (χ3n) is 4.46. The molecule has 25 heavy (non-hydrogen) atoms. The lowest BCUT2D eigenvalue weighted by molar-refractivity contribution is -0.121. The van der Waals surface area contributed by atoms with E-state index in [1.165, 1.54) is 5.56 Å². The van der Waals surface area contributed by atoms with Gasteiger partial charge in [-0.15, -0.1) is 24.8 Å². The molecule has 144 valence electrons. The number of carbonyl (C=O) groups excluding carboxylic acids is 1. The second-order valence-electron chi connectivity index (χ2n) is 6.23. The minimum atomic E-state index is 0. The quantitative estimate of drug-likeness (QED) is 0.714. The number of carbonyl (C=O) groups is 1. The van der Waals surface area contributed by atoms with E-state index in [-0.39, 0.29) is 30.7 Å². The Kier molecular flexibility index (Phi) is 12.7. The van der Waals surface area contributed by atoms with Gasteiger partial charge in [0.05, 0.1) is 7.11 Å². The summed E-state index contributed by atoms with van der Waals surface area (Å²) in [6.07, 6.45) is 2.87. The van der Waals surface area contributed by atoms with Crippen LogP contribution in [0.3, 0.4) is 0 Å². The highest BCUT2D eigenvalue weighted by molar-refractivity contribution is 5.85. The van der Waals surface area contributed by atoms with Crippen LogP contribution >= 0.6 is 24.8 Å². The van der Waals surface area contributed by atoms with E-state index >= 15 is 0 Å². The van der Waals surface area contributed by atoms with Crippen molar-refractivity contribution in [3.05, 3.63) is 29.8 Å². The number of nitrogens with one attached hydrogen (secondary N) is 2. The number of hydrogen-bond acceptors (Lipinski definition) is 4. The smallest absolute Gasteiger partial charge is 0.221 e. The van der Waals surface area contributed by atoms with Gasteiger partial charge >= 0.3 is 0 Å². The van der Waals surface area contributed by atoms with Crippen LogP contribution in [0.2, 0.25) is 0 Å². The molecule has 1 amide bonds. The van der Waals surface area contributed by atoms with E-state index in [0.717, 1.165) is 51.3 Å². The van der Waals surface area contributed by atoms with Gasteiger partial charge in [0.25, 0.3) is 0 Å². The van der Waals surface area contributed by atoms with Gasteiger partial charge in [-0.05, 0) is 56.6 Å². The highest BCUT2D eigenvalue weighted by Gasteiger charge is 2.19. The van der Waals surface area contributed by atoms with E-state index in [1.807, 2.05) is 19.2 Å². The maximum Gasteiger partial charge on any atom is 0.221 e. The van der Waals surface area contributed by atoms with Crippen LogP contribution in [-0.2, 0) is 11.3 Å². The highest BCUT2D eigenvalue weighted by atomic mass is 35.5. The van der Waals surface area contributed by atoms with E-state index < -0.39 is 0 Å². The van der Waals surface area contributed by atoms with Crippen LogP contribution in [0.1, 0.15) is 24.8 Å². The molecule has 1 aromatic rings. The Hall–Kier alpha value is -1.01. The second-order valence-corrected chi connectivity index (χ2v) is 6.23. The predicted molar refractivity (Wildman–Crippen MR) is 107 cm³/mol. The number of nitrogens with zero attached hydrogens (tertiary/aromatic N) is 1. The Morgan fingerprint density at radius 3 is 2.40 bits per heavy atom. The summed E-state index contributed by atoms with van der Waals surface area (Å²) >= 11 is 0. The minimum absolute atomic E-state index is 0. The Bertz CT molecular complexity index is 478. The number of hydrogen-bond donors (Lipinski definition) is 2. The summed E-state index contributed by atoms with van der Waals surface area (Å²) in [6, 6.07) is 8.30. The van der Waals surface area contributed by atoms with E-state index in [1.54, 1.807) is 7.11 Å². The topological polar surface area (TPSA) is 53.6 Å². The lowest BCUT2D eigenvalue weighted by atomic mass is 9.96. The van der Waals surface area contributed by atoms with Gasteiger partial charge in [0.2, 0.25) is 5.91 Å². The van der Waals surface area contributed by atoms with Crippen molar-refractivity contribution >= 4 is 30.7 Å². The van der Waals surface area contributed by atoms with Crippen LogP contribution in [0.4, 0.5) is 0 Å². The van der Waals surface area contributed by atoms with Crippen molar-refractivity contribution in [2.24, 2.45) is 5.92 Å². The zero-order chi connectivity index (χ0) is 16.5. The monoisotopic (exact) mass is 391 g/mol. The molecule has 1 aliphatic heterocycles. The molecule has 1 heterocycles. The first-order valence-electron chi connectivity index (χ1n) is 8.48. The molecule has 1 fully saturated rings. The fraction of sp³-hybridized carbons (Fsp3) is 0.611. The summed E-state index contributed by atoms with van der Waals surface area (Å²) in [4.78, 5) is 14.1.